The van der Waals surface area contributed by atoms with Gasteiger partial charge in [0.25, 0.3) is 0 Å². The highest BCUT2D eigenvalue weighted by molar-refractivity contribution is 7.16. The summed E-state index contributed by atoms with van der Waals surface area (Å²) in [5.74, 6) is -0.866. The molecule has 0 amide bonds. The molecule has 1 aromatic rings. The molecule has 2 unspecified atom stereocenters. The molecule has 2 N–H and O–H groups in total. The minimum atomic E-state index is -0.678. The average molecular weight is 260 g/mol. The van der Waals surface area contributed by atoms with Gasteiger partial charge in [0, 0.05) is 17.5 Å². The largest absolute Gasteiger partial charge is 0.481 e. The van der Waals surface area contributed by atoms with Gasteiger partial charge >= 0.3 is 5.97 Å². The van der Waals surface area contributed by atoms with Crippen molar-refractivity contribution in [2.45, 2.75) is 25.3 Å². The number of hydrogen-bond donors (Lipinski definition) is 2. The van der Waals surface area contributed by atoms with Crippen molar-refractivity contribution in [1.29, 1.82) is 0 Å². The topological polar surface area (TPSA) is 49.3 Å². The van der Waals surface area contributed by atoms with Crippen LogP contribution in [0, 0.1) is 5.92 Å². The van der Waals surface area contributed by atoms with E-state index in [4.69, 9.17) is 16.7 Å². The second-order valence-corrected chi connectivity index (χ2v) is 5.84. The minimum absolute atomic E-state index is 0.160. The zero-order valence-electron chi connectivity index (χ0n) is 8.78. The van der Waals surface area contributed by atoms with E-state index in [1.807, 2.05) is 12.1 Å². The first kappa shape index (κ1) is 11.9. The van der Waals surface area contributed by atoms with Crippen LogP contribution in [0.5, 0.6) is 0 Å². The van der Waals surface area contributed by atoms with Crippen LogP contribution in [-0.2, 0) is 11.2 Å². The zero-order chi connectivity index (χ0) is 11.5. The number of nitrogens with one attached hydrogen (secondary N) is 1. The molecule has 1 fully saturated rings. The molecule has 0 aliphatic heterocycles. The monoisotopic (exact) mass is 259 g/mol. The van der Waals surface area contributed by atoms with Crippen LogP contribution in [0.4, 0.5) is 0 Å². The fourth-order valence-corrected chi connectivity index (χ4v) is 2.99. The van der Waals surface area contributed by atoms with E-state index in [0.29, 0.717) is 0 Å². The summed E-state index contributed by atoms with van der Waals surface area (Å²) in [5, 5.41) is 12.2. The van der Waals surface area contributed by atoms with E-state index in [-0.39, 0.29) is 12.0 Å². The third-order valence-electron chi connectivity index (χ3n) is 3.00. The highest BCUT2D eigenvalue weighted by Crippen LogP contribution is 2.27. The van der Waals surface area contributed by atoms with Gasteiger partial charge in [-0.05, 0) is 31.4 Å². The molecule has 0 spiro atoms. The Balaban J connectivity index is 1.70. The summed E-state index contributed by atoms with van der Waals surface area (Å²) >= 11 is 7.41. The molecule has 1 heterocycles. The summed E-state index contributed by atoms with van der Waals surface area (Å²) < 4.78 is 0.807. The van der Waals surface area contributed by atoms with Gasteiger partial charge in [0.05, 0.1) is 10.3 Å². The van der Waals surface area contributed by atoms with Crippen LogP contribution < -0.4 is 5.32 Å². The van der Waals surface area contributed by atoms with Crippen LogP contribution >= 0.6 is 22.9 Å². The summed E-state index contributed by atoms with van der Waals surface area (Å²) in [5.41, 5.74) is 0. The Bertz CT molecular complexity index is 380. The van der Waals surface area contributed by atoms with E-state index >= 15 is 0 Å². The molecule has 5 heteroatoms. The van der Waals surface area contributed by atoms with Crippen molar-refractivity contribution in [2.24, 2.45) is 5.92 Å². The highest BCUT2D eigenvalue weighted by atomic mass is 35.5. The van der Waals surface area contributed by atoms with Gasteiger partial charge in [0.1, 0.15) is 0 Å². The molecule has 0 bridgehead atoms. The van der Waals surface area contributed by atoms with Gasteiger partial charge < -0.3 is 10.4 Å². The fourth-order valence-electron chi connectivity index (χ4n) is 1.91. The fraction of sp³-hybridized carbons (Fsp3) is 0.545. The third-order valence-corrected chi connectivity index (χ3v) is 4.29. The molecule has 1 aromatic heterocycles. The quantitative estimate of drug-likeness (QED) is 0.854. The molecule has 88 valence electrons. The Kier molecular flexibility index (Phi) is 3.84. The zero-order valence-corrected chi connectivity index (χ0v) is 10.4. The van der Waals surface area contributed by atoms with E-state index in [1.54, 1.807) is 11.3 Å². The second kappa shape index (κ2) is 5.17. The van der Waals surface area contributed by atoms with E-state index in [0.717, 1.165) is 30.1 Å². The van der Waals surface area contributed by atoms with Crippen molar-refractivity contribution in [3.8, 4) is 0 Å². The lowest BCUT2D eigenvalue weighted by Gasteiger charge is -2.34. The average Bonchev–Trinajstić information content (AvgIpc) is 2.56. The Morgan fingerprint density at radius 3 is 2.88 bits per heavy atom. The molecule has 2 atom stereocenters. The lowest BCUT2D eigenvalue weighted by atomic mass is 9.79. The number of carbonyl (C=O) groups is 1. The first-order valence-corrected chi connectivity index (χ1v) is 6.56. The molecule has 0 aromatic carbocycles. The summed E-state index contributed by atoms with van der Waals surface area (Å²) in [6.45, 7) is 0.825. The van der Waals surface area contributed by atoms with E-state index in [1.165, 1.54) is 4.88 Å². The number of hydrogen-bond acceptors (Lipinski definition) is 3. The van der Waals surface area contributed by atoms with E-state index in [9.17, 15) is 4.79 Å². The van der Waals surface area contributed by atoms with Gasteiger partial charge in [-0.15, -0.1) is 11.3 Å². The van der Waals surface area contributed by atoms with Crippen LogP contribution in [0.25, 0.3) is 0 Å². The van der Waals surface area contributed by atoms with Gasteiger partial charge in [0.2, 0.25) is 0 Å². The van der Waals surface area contributed by atoms with Gasteiger partial charge in [0.15, 0.2) is 0 Å². The van der Waals surface area contributed by atoms with Crippen LogP contribution in [0.15, 0.2) is 12.1 Å². The van der Waals surface area contributed by atoms with Crippen LogP contribution in [0.2, 0.25) is 4.34 Å². The molecule has 16 heavy (non-hydrogen) atoms. The summed E-state index contributed by atoms with van der Waals surface area (Å²) in [7, 11) is 0. The number of thiophene rings is 1. The smallest absolute Gasteiger partial charge is 0.308 e. The van der Waals surface area contributed by atoms with Crippen molar-refractivity contribution in [3.63, 3.8) is 0 Å². The lowest BCUT2D eigenvalue weighted by Crippen LogP contribution is -2.48. The Morgan fingerprint density at radius 1 is 1.56 bits per heavy atom. The molecular formula is C11H14ClNO2S. The van der Waals surface area contributed by atoms with Crippen LogP contribution in [-0.4, -0.2) is 23.7 Å². The van der Waals surface area contributed by atoms with E-state index in [2.05, 4.69) is 5.32 Å². The number of halogens is 1. The first-order valence-electron chi connectivity index (χ1n) is 5.37. The number of carboxylic acids is 1. The molecule has 1 saturated carbocycles. The first-order chi connectivity index (χ1) is 7.66. The molecular weight excluding hydrogens is 246 g/mol. The number of carboxylic acid groups (broad SMARTS) is 1. The van der Waals surface area contributed by atoms with E-state index < -0.39 is 5.97 Å². The van der Waals surface area contributed by atoms with Crippen LogP contribution in [0.1, 0.15) is 17.7 Å². The summed E-state index contributed by atoms with van der Waals surface area (Å²) in [4.78, 5) is 12.0. The van der Waals surface area contributed by atoms with Crippen molar-refractivity contribution in [2.75, 3.05) is 6.54 Å². The maximum Gasteiger partial charge on any atom is 0.308 e. The summed E-state index contributed by atoms with van der Waals surface area (Å²) in [6.07, 6.45) is 2.69. The molecule has 0 radical (unpaired) electrons. The Hall–Kier alpha value is -0.580. The standard InChI is InChI=1S/C11H14ClNO2S/c12-10-4-1-7(16-10)5-6-13-9-3-2-8(9)11(14)15/h1,4,8-9,13H,2-3,5-6H2,(H,14,15). The van der Waals surface area contributed by atoms with Crippen molar-refractivity contribution >= 4 is 28.9 Å². The van der Waals surface area contributed by atoms with Gasteiger partial charge in [-0.25, -0.2) is 0 Å². The second-order valence-electron chi connectivity index (χ2n) is 4.04. The molecule has 1 aliphatic carbocycles. The van der Waals surface area contributed by atoms with Gasteiger partial charge in [-0.3, -0.25) is 4.79 Å². The summed E-state index contributed by atoms with van der Waals surface area (Å²) in [6, 6.07) is 4.07. The molecule has 2 rings (SSSR count). The van der Waals surface area contributed by atoms with Gasteiger partial charge in [-0.1, -0.05) is 11.6 Å². The number of rotatable bonds is 5. The van der Waals surface area contributed by atoms with Crippen molar-refractivity contribution < 1.29 is 9.90 Å². The molecule has 3 nitrogen and oxygen atoms in total. The highest BCUT2D eigenvalue weighted by Gasteiger charge is 2.35. The Labute approximate surface area is 103 Å². The normalized spacial score (nSPS) is 24.1. The predicted octanol–water partition coefficient (Wildman–Crippen LogP) is 2.40. The van der Waals surface area contributed by atoms with Crippen LogP contribution in [0.3, 0.4) is 0 Å². The minimum Gasteiger partial charge on any atom is -0.481 e. The maximum atomic E-state index is 10.8. The molecule has 0 saturated heterocycles. The lowest BCUT2D eigenvalue weighted by molar-refractivity contribution is -0.146. The number of aliphatic carboxylic acids is 1. The predicted molar refractivity (Wildman–Crippen MR) is 65.2 cm³/mol. The third kappa shape index (κ3) is 2.75. The van der Waals surface area contributed by atoms with Crippen molar-refractivity contribution in [3.05, 3.63) is 21.3 Å². The van der Waals surface area contributed by atoms with Gasteiger partial charge in [-0.2, -0.15) is 0 Å². The Morgan fingerprint density at radius 2 is 2.38 bits per heavy atom. The maximum absolute atomic E-state index is 10.8. The SMILES string of the molecule is O=C(O)C1CCC1NCCc1ccc(Cl)s1. The van der Waals surface area contributed by atoms with Crippen molar-refractivity contribution in [1.82, 2.24) is 5.32 Å². The molecule has 1 aliphatic rings.